The number of nitrogens with zero attached hydrogens (tertiary/aromatic N) is 2. The van der Waals surface area contributed by atoms with Crippen molar-refractivity contribution in [2.24, 2.45) is 0 Å². The monoisotopic (exact) mass is 431 g/mol. The number of H-pyrrole nitrogens is 1. The van der Waals surface area contributed by atoms with Crippen molar-refractivity contribution in [3.8, 4) is 0 Å². The van der Waals surface area contributed by atoms with Crippen LogP contribution in [0.25, 0.3) is 0 Å². The van der Waals surface area contributed by atoms with E-state index in [0.29, 0.717) is 23.5 Å². The second-order valence-corrected chi connectivity index (χ2v) is 10.7. The zero-order chi connectivity index (χ0) is 22.3. The standard InChI is InChI=1S/C22H29N3O4S/c1-15-12-18(22(3,4)5)13-16(2)20(15)30(28,29)25-10-8-24(9-11-25)21(27)17-6-7-19(26)23-14-17/h6-7,12-14H,8-11H2,1-5H3,(H,23,26). The minimum atomic E-state index is -3.66. The summed E-state index contributed by atoms with van der Waals surface area (Å²) in [5.74, 6) is -0.217. The summed E-state index contributed by atoms with van der Waals surface area (Å²) < 4.78 is 28.2. The molecular formula is C22H29N3O4S. The number of amides is 1. The summed E-state index contributed by atoms with van der Waals surface area (Å²) in [6.45, 7) is 11.1. The fourth-order valence-electron chi connectivity index (χ4n) is 3.78. The topological polar surface area (TPSA) is 90.6 Å². The third-order valence-electron chi connectivity index (χ3n) is 5.48. The Kier molecular flexibility index (Phi) is 5.93. The number of rotatable bonds is 3. The Morgan fingerprint density at radius 1 is 1.00 bits per heavy atom. The number of aryl methyl sites for hydroxylation is 2. The van der Waals surface area contributed by atoms with E-state index < -0.39 is 10.0 Å². The van der Waals surface area contributed by atoms with Gasteiger partial charge in [0.15, 0.2) is 0 Å². The van der Waals surface area contributed by atoms with Crippen molar-refractivity contribution in [2.75, 3.05) is 26.2 Å². The molecule has 1 aliphatic heterocycles. The normalized spacial score (nSPS) is 16.0. The molecule has 1 saturated heterocycles. The SMILES string of the molecule is Cc1cc(C(C)(C)C)cc(C)c1S(=O)(=O)N1CCN(C(=O)c2ccc(=O)[nH]c2)CC1. The van der Waals surface area contributed by atoms with Crippen LogP contribution in [0.4, 0.5) is 0 Å². The van der Waals surface area contributed by atoms with Gasteiger partial charge in [0.1, 0.15) is 0 Å². The molecule has 7 nitrogen and oxygen atoms in total. The summed E-state index contributed by atoms with van der Waals surface area (Å²) in [4.78, 5) is 28.3. The van der Waals surface area contributed by atoms with E-state index in [0.717, 1.165) is 16.7 Å². The van der Waals surface area contributed by atoms with E-state index in [1.54, 1.807) is 4.90 Å². The molecule has 3 rings (SSSR count). The van der Waals surface area contributed by atoms with Crippen LogP contribution < -0.4 is 5.56 Å². The molecule has 1 amide bonds. The summed E-state index contributed by atoms with van der Waals surface area (Å²) in [6, 6.07) is 6.69. The number of nitrogens with one attached hydrogen (secondary N) is 1. The molecule has 0 saturated carbocycles. The maximum Gasteiger partial charge on any atom is 0.255 e. The van der Waals surface area contributed by atoms with Crippen LogP contribution in [0, 0.1) is 13.8 Å². The van der Waals surface area contributed by atoms with Gasteiger partial charge in [-0.25, -0.2) is 8.42 Å². The van der Waals surface area contributed by atoms with Crippen molar-refractivity contribution < 1.29 is 13.2 Å². The number of hydrogen-bond acceptors (Lipinski definition) is 4. The highest BCUT2D eigenvalue weighted by molar-refractivity contribution is 7.89. The molecule has 8 heteroatoms. The number of piperazine rings is 1. The molecule has 1 N–H and O–H groups in total. The first-order chi connectivity index (χ1) is 13.9. The van der Waals surface area contributed by atoms with Crippen LogP contribution in [0.1, 0.15) is 47.8 Å². The maximum absolute atomic E-state index is 13.4. The van der Waals surface area contributed by atoms with Gasteiger partial charge < -0.3 is 9.88 Å². The first-order valence-corrected chi connectivity index (χ1v) is 11.4. The minimum absolute atomic E-state index is 0.0640. The van der Waals surface area contributed by atoms with E-state index in [1.165, 1.54) is 22.6 Å². The lowest BCUT2D eigenvalue weighted by Gasteiger charge is -2.34. The average molecular weight is 432 g/mol. The van der Waals surface area contributed by atoms with E-state index >= 15 is 0 Å². The first kappa shape index (κ1) is 22.2. The van der Waals surface area contributed by atoms with E-state index in [-0.39, 0.29) is 30.0 Å². The highest BCUT2D eigenvalue weighted by Crippen LogP contribution is 2.31. The molecular weight excluding hydrogens is 402 g/mol. The number of carbonyl (C=O) groups is 1. The summed E-state index contributed by atoms with van der Waals surface area (Å²) >= 11 is 0. The third kappa shape index (κ3) is 4.34. The van der Waals surface area contributed by atoms with Crippen LogP contribution in [0.5, 0.6) is 0 Å². The van der Waals surface area contributed by atoms with Gasteiger partial charge in [-0.15, -0.1) is 0 Å². The molecule has 0 bridgehead atoms. The van der Waals surface area contributed by atoms with E-state index in [9.17, 15) is 18.0 Å². The fraction of sp³-hybridized carbons (Fsp3) is 0.455. The number of hydrogen-bond donors (Lipinski definition) is 1. The molecule has 1 aromatic carbocycles. The molecule has 0 unspecified atom stereocenters. The van der Waals surface area contributed by atoms with Gasteiger partial charge >= 0.3 is 0 Å². The fourth-order valence-corrected chi connectivity index (χ4v) is 5.61. The van der Waals surface area contributed by atoms with Gasteiger partial charge in [0.25, 0.3) is 5.91 Å². The van der Waals surface area contributed by atoms with Crippen molar-refractivity contribution in [3.63, 3.8) is 0 Å². The number of pyridine rings is 1. The number of aromatic nitrogens is 1. The maximum atomic E-state index is 13.4. The Hall–Kier alpha value is -2.45. The van der Waals surface area contributed by atoms with Crippen molar-refractivity contribution in [2.45, 2.75) is 44.9 Å². The van der Waals surface area contributed by atoms with Crippen LogP contribution in [0.3, 0.4) is 0 Å². The van der Waals surface area contributed by atoms with Crippen molar-refractivity contribution in [1.82, 2.24) is 14.2 Å². The number of benzene rings is 1. The second kappa shape index (κ2) is 8.00. The van der Waals surface area contributed by atoms with Gasteiger partial charge in [-0.3, -0.25) is 9.59 Å². The quantitative estimate of drug-likeness (QED) is 0.808. The van der Waals surface area contributed by atoms with Gasteiger partial charge in [-0.1, -0.05) is 32.9 Å². The summed E-state index contributed by atoms with van der Waals surface area (Å²) in [5, 5.41) is 0. The molecule has 0 atom stereocenters. The molecule has 30 heavy (non-hydrogen) atoms. The molecule has 0 spiro atoms. The Bertz CT molecular complexity index is 1080. The molecule has 2 aromatic rings. The summed E-state index contributed by atoms with van der Waals surface area (Å²) in [5.41, 5.74) is 2.64. The molecule has 1 aliphatic rings. The zero-order valence-corrected chi connectivity index (χ0v) is 19.0. The van der Waals surface area contributed by atoms with E-state index in [1.807, 2.05) is 26.0 Å². The number of carbonyl (C=O) groups excluding carboxylic acids is 1. The van der Waals surface area contributed by atoms with Crippen LogP contribution in [0.15, 0.2) is 40.2 Å². The third-order valence-corrected chi connectivity index (χ3v) is 7.69. The van der Waals surface area contributed by atoms with Gasteiger partial charge in [0, 0.05) is 38.4 Å². The highest BCUT2D eigenvalue weighted by Gasteiger charge is 2.33. The number of sulfonamides is 1. The van der Waals surface area contributed by atoms with Crippen molar-refractivity contribution in [1.29, 1.82) is 0 Å². The molecule has 1 aromatic heterocycles. The predicted molar refractivity (Wildman–Crippen MR) is 116 cm³/mol. The van der Waals surface area contributed by atoms with E-state index in [4.69, 9.17) is 0 Å². The molecule has 1 fully saturated rings. The Labute approximate surface area is 177 Å². The Morgan fingerprint density at radius 3 is 2.03 bits per heavy atom. The van der Waals surface area contributed by atoms with Gasteiger partial charge in [0.05, 0.1) is 10.5 Å². The molecule has 2 heterocycles. The minimum Gasteiger partial charge on any atom is -0.336 e. The van der Waals surface area contributed by atoms with Crippen LogP contribution >= 0.6 is 0 Å². The molecule has 162 valence electrons. The lowest BCUT2D eigenvalue weighted by atomic mass is 9.85. The lowest BCUT2D eigenvalue weighted by Crippen LogP contribution is -2.50. The molecule has 0 aliphatic carbocycles. The van der Waals surface area contributed by atoms with Crippen LogP contribution in [-0.4, -0.2) is 54.7 Å². The van der Waals surface area contributed by atoms with Crippen LogP contribution in [-0.2, 0) is 15.4 Å². The zero-order valence-electron chi connectivity index (χ0n) is 18.2. The second-order valence-electron chi connectivity index (χ2n) is 8.83. The summed E-state index contributed by atoms with van der Waals surface area (Å²) in [6.07, 6.45) is 1.39. The average Bonchev–Trinajstić information content (AvgIpc) is 2.66. The van der Waals surface area contributed by atoms with Crippen molar-refractivity contribution >= 4 is 15.9 Å². The Morgan fingerprint density at radius 2 is 1.57 bits per heavy atom. The van der Waals surface area contributed by atoms with Gasteiger partial charge in [-0.2, -0.15) is 4.31 Å². The van der Waals surface area contributed by atoms with Crippen LogP contribution in [0.2, 0.25) is 0 Å². The van der Waals surface area contributed by atoms with Gasteiger partial charge in [-0.05, 0) is 42.0 Å². The first-order valence-electron chi connectivity index (χ1n) is 10.0. The smallest absolute Gasteiger partial charge is 0.255 e. The lowest BCUT2D eigenvalue weighted by molar-refractivity contribution is 0.0697. The number of aromatic amines is 1. The van der Waals surface area contributed by atoms with Crippen molar-refractivity contribution in [3.05, 3.63) is 63.1 Å². The Balaban J connectivity index is 1.79. The van der Waals surface area contributed by atoms with E-state index in [2.05, 4.69) is 25.8 Å². The molecule has 0 radical (unpaired) electrons. The van der Waals surface area contributed by atoms with Gasteiger partial charge in [0.2, 0.25) is 15.6 Å². The largest absolute Gasteiger partial charge is 0.336 e. The summed E-state index contributed by atoms with van der Waals surface area (Å²) in [7, 11) is -3.66. The highest BCUT2D eigenvalue weighted by atomic mass is 32.2. The predicted octanol–water partition coefficient (Wildman–Crippen LogP) is 2.44.